The van der Waals surface area contributed by atoms with E-state index in [2.05, 4.69) is 26.8 Å². The summed E-state index contributed by atoms with van der Waals surface area (Å²) in [5.41, 5.74) is 0.930. The van der Waals surface area contributed by atoms with Crippen LogP contribution in [0, 0.1) is 17.3 Å². The van der Waals surface area contributed by atoms with Gasteiger partial charge in [0.05, 0.1) is 12.0 Å². The van der Waals surface area contributed by atoms with Crippen LogP contribution in [-0.2, 0) is 14.3 Å². The number of allylic oxidation sites excluding steroid dienone is 2. The van der Waals surface area contributed by atoms with Crippen molar-refractivity contribution in [1.29, 1.82) is 0 Å². The molecule has 0 heterocycles. The summed E-state index contributed by atoms with van der Waals surface area (Å²) in [6.45, 7) is 12.7. The van der Waals surface area contributed by atoms with Crippen LogP contribution in [-0.4, -0.2) is 44.4 Å². The fourth-order valence-electron chi connectivity index (χ4n) is 2.97. The minimum Gasteiger partial charge on any atom is -0.359 e. The second-order valence-corrected chi connectivity index (χ2v) is 5.91. The first-order chi connectivity index (χ1) is 9.43. The Balaban J connectivity index is 2.82. The zero-order chi connectivity index (χ0) is 15.3. The predicted molar refractivity (Wildman–Crippen MR) is 80.3 cm³/mol. The summed E-state index contributed by atoms with van der Waals surface area (Å²) in [6.07, 6.45) is 2.21. The number of ether oxygens (including phenoxy) is 2. The Kier molecular flexibility index (Phi) is 6.21. The molecule has 0 aromatic rings. The molecular formula is C16H29NO3. The van der Waals surface area contributed by atoms with Crippen LogP contribution >= 0.6 is 0 Å². The third kappa shape index (κ3) is 3.41. The van der Waals surface area contributed by atoms with Gasteiger partial charge in [0.15, 0.2) is 0 Å². The molecule has 20 heavy (non-hydrogen) atoms. The Morgan fingerprint density at radius 2 is 1.90 bits per heavy atom. The van der Waals surface area contributed by atoms with Crippen LogP contribution in [0.25, 0.3) is 0 Å². The SMILES string of the molecule is CCN(CC)C(=O)[C@]1(C)[C@H](C=C(C)C)[C@@H]1COCOC. The molecule has 0 unspecified atom stereocenters. The third-order valence-electron chi connectivity index (χ3n) is 4.31. The summed E-state index contributed by atoms with van der Waals surface area (Å²) >= 11 is 0. The highest BCUT2D eigenvalue weighted by atomic mass is 16.7. The van der Waals surface area contributed by atoms with Gasteiger partial charge in [-0.15, -0.1) is 0 Å². The molecule has 116 valence electrons. The molecule has 1 amide bonds. The zero-order valence-corrected chi connectivity index (χ0v) is 13.7. The monoisotopic (exact) mass is 283 g/mol. The first kappa shape index (κ1) is 17.2. The number of carbonyl (C=O) groups excluding carboxylic acids is 1. The minimum absolute atomic E-state index is 0.246. The first-order valence-corrected chi connectivity index (χ1v) is 7.44. The van der Waals surface area contributed by atoms with Crippen molar-refractivity contribution < 1.29 is 14.3 Å². The Bertz CT molecular complexity index is 359. The van der Waals surface area contributed by atoms with Crippen LogP contribution in [0.4, 0.5) is 0 Å². The number of hydrogen-bond donors (Lipinski definition) is 0. The molecule has 0 bridgehead atoms. The van der Waals surface area contributed by atoms with Crippen LogP contribution < -0.4 is 0 Å². The third-order valence-corrected chi connectivity index (χ3v) is 4.31. The van der Waals surface area contributed by atoms with Crippen molar-refractivity contribution in [3.05, 3.63) is 11.6 Å². The van der Waals surface area contributed by atoms with Crippen molar-refractivity contribution in [3.63, 3.8) is 0 Å². The van der Waals surface area contributed by atoms with E-state index in [4.69, 9.17) is 9.47 Å². The first-order valence-electron chi connectivity index (χ1n) is 7.44. The van der Waals surface area contributed by atoms with Crippen molar-refractivity contribution in [2.45, 2.75) is 34.6 Å². The fraction of sp³-hybridized carbons (Fsp3) is 0.812. The maximum atomic E-state index is 12.7. The molecular weight excluding hydrogens is 254 g/mol. The lowest BCUT2D eigenvalue weighted by Gasteiger charge is -2.24. The maximum Gasteiger partial charge on any atom is 0.229 e. The lowest BCUT2D eigenvalue weighted by Crippen LogP contribution is -2.37. The van der Waals surface area contributed by atoms with Gasteiger partial charge in [-0.2, -0.15) is 0 Å². The number of carbonyl (C=O) groups is 1. The van der Waals surface area contributed by atoms with Crippen LogP contribution in [0.2, 0.25) is 0 Å². The topological polar surface area (TPSA) is 38.8 Å². The lowest BCUT2D eigenvalue weighted by molar-refractivity contribution is -0.137. The van der Waals surface area contributed by atoms with E-state index in [1.807, 2.05) is 18.7 Å². The molecule has 0 spiro atoms. The number of methoxy groups -OCH3 is 1. The van der Waals surface area contributed by atoms with E-state index >= 15 is 0 Å². The summed E-state index contributed by atoms with van der Waals surface area (Å²) in [6, 6.07) is 0. The fourth-order valence-corrected chi connectivity index (χ4v) is 2.97. The van der Waals surface area contributed by atoms with Crippen LogP contribution in [0.15, 0.2) is 11.6 Å². The van der Waals surface area contributed by atoms with Gasteiger partial charge in [-0.25, -0.2) is 0 Å². The normalized spacial score (nSPS) is 28.1. The Labute approximate surface area is 123 Å². The van der Waals surface area contributed by atoms with Gasteiger partial charge in [-0.1, -0.05) is 11.6 Å². The van der Waals surface area contributed by atoms with Crippen LogP contribution in [0.3, 0.4) is 0 Å². The molecule has 3 atom stereocenters. The molecule has 1 aliphatic rings. The second-order valence-electron chi connectivity index (χ2n) is 5.91. The zero-order valence-electron chi connectivity index (χ0n) is 13.7. The van der Waals surface area contributed by atoms with Gasteiger partial charge in [0.2, 0.25) is 5.91 Å². The molecule has 1 fully saturated rings. The van der Waals surface area contributed by atoms with E-state index in [0.717, 1.165) is 13.1 Å². The van der Waals surface area contributed by atoms with Gasteiger partial charge >= 0.3 is 0 Å². The summed E-state index contributed by atoms with van der Waals surface area (Å²) in [5, 5.41) is 0. The van der Waals surface area contributed by atoms with E-state index in [1.165, 1.54) is 5.57 Å². The van der Waals surface area contributed by atoms with E-state index in [-0.39, 0.29) is 30.0 Å². The van der Waals surface area contributed by atoms with Crippen molar-refractivity contribution in [1.82, 2.24) is 4.90 Å². The maximum absolute atomic E-state index is 12.7. The molecule has 4 nitrogen and oxygen atoms in total. The average molecular weight is 283 g/mol. The Morgan fingerprint density at radius 1 is 1.30 bits per heavy atom. The number of rotatable bonds is 8. The highest BCUT2D eigenvalue weighted by molar-refractivity contribution is 5.87. The van der Waals surface area contributed by atoms with Gasteiger partial charge < -0.3 is 14.4 Å². The number of hydrogen-bond acceptors (Lipinski definition) is 3. The minimum atomic E-state index is -0.322. The van der Waals surface area contributed by atoms with E-state index < -0.39 is 0 Å². The molecule has 0 aliphatic heterocycles. The van der Waals surface area contributed by atoms with Gasteiger partial charge in [-0.3, -0.25) is 4.79 Å². The summed E-state index contributed by atoms with van der Waals surface area (Å²) in [4.78, 5) is 14.7. The van der Waals surface area contributed by atoms with E-state index in [1.54, 1.807) is 7.11 Å². The molecule has 0 saturated heterocycles. The molecule has 0 N–H and O–H groups in total. The standard InChI is InChI=1S/C16H29NO3/c1-7-17(8-2)15(18)16(5)13(9-12(3)4)14(16)10-20-11-19-6/h9,13-14H,7-8,10-11H2,1-6H3/t13-,14+,16-/m1/s1. The summed E-state index contributed by atoms with van der Waals surface area (Å²) in [7, 11) is 1.61. The quantitative estimate of drug-likeness (QED) is 0.390. The van der Waals surface area contributed by atoms with Gasteiger partial charge in [0.25, 0.3) is 0 Å². The molecule has 1 rings (SSSR count). The molecule has 0 aromatic heterocycles. The number of amides is 1. The summed E-state index contributed by atoms with van der Waals surface area (Å²) < 4.78 is 10.4. The molecule has 0 aromatic carbocycles. The lowest BCUT2D eigenvalue weighted by atomic mass is 10.0. The molecule has 1 saturated carbocycles. The highest BCUT2D eigenvalue weighted by Gasteiger charge is 2.65. The Hall–Kier alpha value is -0.870. The van der Waals surface area contributed by atoms with Crippen LogP contribution in [0.5, 0.6) is 0 Å². The highest BCUT2D eigenvalue weighted by Crippen LogP contribution is 2.60. The predicted octanol–water partition coefficient (Wildman–Crippen LogP) is 2.69. The molecule has 0 radical (unpaired) electrons. The van der Waals surface area contributed by atoms with Gasteiger partial charge in [-0.05, 0) is 40.5 Å². The molecule has 4 heteroatoms. The van der Waals surface area contributed by atoms with Crippen molar-refractivity contribution >= 4 is 5.91 Å². The molecule has 1 aliphatic carbocycles. The van der Waals surface area contributed by atoms with Crippen molar-refractivity contribution in [2.24, 2.45) is 17.3 Å². The average Bonchev–Trinajstić information content (AvgIpc) is 2.96. The van der Waals surface area contributed by atoms with E-state index in [0.29, 0.717) is 6.61 Å². The number of nitrogens with zero attached hydrogens (tertiary/aromatic N) is 1. The van der Waals surface area contributed by atoms with Gasteiger partial charge in [0, 0.05) is 26.1 Å². The van der Waals surface area contributed by atoms with E-state index in [9.17, 15) is 4.79 Å². The van der Waals surface area contributed by atoms with Crippen molar-refractivity contribution in [3.8, 4) is 0 Å². The Morgan fingerprint density at radius 3 is 2.35 bits per heavy atom. The smallest absolute Gasteiger partial charge is 0.229 e. The van der Waals surface area contributed by atoms with Crippen LogP contribution in [0.1, 0.15) is 34.6 Å². The van der Waals surface area contributed by atoms with Crippen molar-refractivity contribution in [2.75, 3.05) is 33.6 Å². The van der Waals surface area contributed by atoms with Gasteiger partial charge in [0.1, 0.15) is 6.79 Å². The largest absolute Gasteiger partial charge is 0.359 e. The summed E-state index contributed by atoms with van der Waals surface area (Å²) in [5.74, 6) is 0.772. The second kappa shape index (κ2) is 7.23.